The molecule has 0 aromatic heterocycles. The Morgan fingerprint density at radius 3 is 2.61 bits per heavy atom. The van der Waals surface area contributed by atoms with Crippen molar-refractivity contribution in [1.29, 1.82) is 0 Å². The van der Waals surface area contributed by atoms with Gasteiger partial charge in [0.15, 0.2) is 0 Å². The zero-order chi connectivity index (χ0) is 13.9. The van der Waals surface area contributed by atoms with Crippen LogP contribution in [0.15, 0.2) is 12.1 Å². The van der Waals surface area contributed by atoms with Gasteiger partial charge in [-0.1, -0.05) is 13.8 Å². The van der Waals surface area contributed by atoms with E-state index < -0.39 is 10.7 Å². The van der Waals surface area contributed by atoms with Crippen LogP contribution in [0.5, 0.6) is 0 Å². The molecule has 0 fully saturated rings. The maximum atomic E-state index is 13.6. The van der Waals surface area contributed by atoms with Crippen molar-refractivity contribution in [3.8, 4) is 0 Å². The largest absolute Gasteiger partial charge is 0.316 e. The second-order valence-corrected chi connectivity index (χ2v) is 5.34. The Morgan fingerprint density at radius 1 is 1.56 bits per heavy atom. The summed E-state index contributed by atoms with van der Waals surface area (Å²) in [5.41, 5.74) is 0.432. The molecule has 0 heterocycles. The second-order valence-electron chi connectivity index (χ2n) is 4.17. The Morgan fingerprint density at radius 2 is 2.17 bits per heavy atom. The first-order valence-electron chi connectivity index (χ1n) is 5.72. The highest BCUT2D eigenvalue weighted by Crippen LogP contribution is 2.32. The lowest BCUT2D eigenvalue weighted by atomic mass is 9.90. The minimum absolute atomic E-state index is 0.0120. The van der Waals surface area contributed by atoms with Gasteiger partial charge in [-0.25, -0.2) is 4.39 Å². The molecule has 6 heteroatoms. The fraction of sp³-hybridized carbons (Fsp3) is 0.500. The molecular formula is C12H16FIN2O2. The van der Waals surface area contributed by atoms with Crippen molar-refractivity contribution >= 4 is 28.3 Å². The normalized spacial score (nSPS) is 14.3. The molecular weight excluding hydrogens is 350 g/mol. The van der Waals surface area contributed by atoms with Crippen LogP contribution in [0.2, 0.25) is 0 Å². The van der Waals surface area contributed by atoms with E-state index in [0.29, 0.717) is 5.56 Å². The third-order valence-corrected chi connectivity index (χ3v) is 4.00. The third kappa shape index (κ3) is 3.17. The first-order valence-corrected chi connectivity index (χ1v) is 6.80. The van der Waals surface area contributed by atoms with Crippen LogP contribution in [-0.4, -0.2) is 18.0 Å². The minimum Gasteiger partial charge on any atom is -0.316 e. The Labute approximate surface area is 119 Å². The van der Waals surface area contributed by atoms with Crippen LogP contribution in [0.25, 0.3) is 0 Å². The Bertz CT molecular complexity index is 450. The van der Waals surface area contributed by atoms with Crippen LogP contribution in [0.4, 0.5) is 10.1 Å². The fourth-order valence-corrected chi connectivity index (χ4v) is 2.55. The van der Waals surface area contributed by atoms with Crippen LogP contribution in [0.3, 0.4) is 0 Å². The van der Waals surface area contributed by atoms with Crippen molar-refractivity contribution in [3.63, 3.8) is 0 Å². The van der Waals surface area contributed by atoms with Crippen molar-refractivity contribution in [2.75, 3.05) is 7.05 Å². The number of nitrogens with one attached hydrogen (secondary N) is 1. The number of nitrogens with zero attached hydrogens (tertiary/aromatic N) is 1. The third-order valence-electron chi connectivity index (χ3n) is 3.17. The summed E-state index contributed by atoms with van der Waals surface area (Å²) in [6.45, 7) is 3.87. The Kier molecular flexibility index (Phi) is 5.46. The van der Waals surface area contributed by atoms with Gasteiger partial charge < -0.3 is 5.32 Å². The zero-order valence-corrected chi connectivity index (χ0v) is 12.7. The van der Waals surface area contributed by atoms with E-state index in [4.69, 9.17) is 0 Å². The van der Waals surface area contributed by atoms with Crippen molar-refractivity contribution < 1.29 is 9.31 Å². The predicted molar refractivity (Wildman–Crippen MR) is 77.3 cm³/mol. The number of likely N-dealkylation sites (N-methyl/N-ethyl adjacent to an activating group) is 1. The molecule has 0 aliphatic rings. The molecule has 4 nitrogen and oxygen atoms in total. The molecule has 100 valence electrons. The second kappa shape index (κ2) is 6.42. The van der Waals surface area contributed by atoms with Crippen molar-refractivity contribution in [3.05, 3.63) is 37.2 Å². The number of nitro benzene ring substituents is 1. The number of halogens is 2. The zero-order valence-electron chi connectivity index (χ0n) is 10.5. The van der Waals surface area contributed by atoms with Gasteiger partial charge in [0, 0.05) is 23.6 Å². The summed E-state index contributed by atoms with van der Waals surface area (Å²) >= 11 is 1.76. The van der Waals surface area contributed by atoms with Crippen molar-refractivity contribution in [2.24, 2.45) is 0 Å². The molecule has 0 saturated carbocycles. The van der Waals surface area contributed by atoms with Gasteiger partial charge in [0.2, 0.25) is 0 Å². The molecule has 18 heavy (non-hydrogen) atoms. The maximum Gasteiger partial charge on any atom is 0.274 e. The smallest absolute Gasteiger partial charge is 0.274 e. The molecule has 0 bridgehead atoms. The lowest BCUT2D eigenvalue weighted by molar-refractivity contribution is -0.385. The molecule has 1 aromatic rings. The van der Waals surface area contributed by atoms with Gasteiger partial charge in [-0.05, 0) is 42.1 Å². The van der Waals surface area contributed by atoms with E-state index in [9.17, 15) is 14.5 Å². The summed E-state index contributed by atoms with van der Waals surface area (Å²) in [6.07, 6.45) is 0.822. The Hall–Kier alpha value is -0.760. The molecule has 0 radical (unpaired) electrons. The first kappa shape index (κ1) is 15.3. The van der Waals surface area contributed by atoms with Crippen LogP contribution in [0.1, 0.15) is 31.7 Å². The van der Waals surface area contributed by atoms with Gasteiger partial charge >= 0.3 is 0 Å². The number of rotatable bonds is 5. The molecule has 0 amide bonds. The van der Waals surface area contributed by atoms with Crippen LogP contribution in [-0.2, 0) is 0 Å². The van der Waals surface area contributed by atoms with Crippen molar-refractivity contribution in [2.45, 2.75) is 32.2 Å². The number of nitro groups is 1. The lowest BCUT2D eigenvalue weighted by Gasteiger charge is -2.22. The summed E-state index contributed by atoms with van der Waals surface area (Å²) in [4.78, 5) is 10.6. The van der Waals surface area contributed by atoms with Gasteiger partial charge in [-0.2, -0.15) is 0 Å². The van der Waals surface area contributed by atoms with Gasteiger partial charge in [0.25, 0.3) is 5.69 Å². The predicted octanol–water partition coefficient (Wildman–Crippen LogP) is 3.44. The fourth-order valence-electron chi connectivity index (χ4n) is 2.10. The lowest BCUT2D eigenvalue weighted by Crippen LogP contribution is -2.30. The Balaban J connectivity index is 3.29. The number of benzene rings is 1. The molecule has 2 unspecified atom stereocenters. The van der Waals surface area contributed by atoms with E-state index in [2.05, 4.69) is 5.32 Å². The minimum atomic E-state index is -0.449. The molecule has 0 aliphatic carbocycles. The van der Waals surface area contributed by atoms with Gasteiger partial charge in [0.05, 0.1) is 8.49 Å². The average molecular weight is 366 g/mol. The van der Waals surface area contributed by atoms with E-state index in [1.165, 1.54) is 12.1 Å². The van der Waals surface area contributed by atoms with Gasteiger partial charge in [-0.3, -0.25) is 10.1 Å². The quantitative estimate of drug-likeness (QED) is 0.494. The molecule has 1 rings (SSSR count). The van der Waals surface area contributed by atoms with E-state index in [1.54, 1.807) is 29.6 Å². The topological polar surface area (TPSA) is 55.2 Å². The highest BCUT2D eigenvalue weighted by molar-refractivity contribution is 14.1. The summed E-state index contributed by atoms with van der Waals surface area (Å²) in [5, 5.41) is 14.2. The molecule has 0 aliphatic heterocycles. The van der Waals surface area contributed by atoms with Gasteiger partial charge in [-0.15, -0.1) is 0 Å². The summed E-state index contributed by atoms with van der Waals surface area (Å²) in [7, 11) is 1.81. The van der Waals surface area contributed by atoms with Crippen LogP contribution in [0, 0.1) is 19.5 Å². The van der Waals surface area contributed by atoms with Gasteiger partial charge in [0.1, 0.15) is 5.82 Å². The van der Waals surface area contributed by atoms with E-state index in [0.717, 1.165) is 6.42 Å². The summed E-state index contributed by atoms with van der Waals surface area (Å²) < 4.78 is 13.9. The standard InChI is InChI=1S/C12H16FIN2O2/c1-4-11(15-3)7(2)8-5-9(13)10(14)6-12(8)16(17)18/h5-7,11,15H,4H2,1-3H3. The molecule has 1 N–H and O–H groups in total. The van der Waals surface area contributed by atoms with Crippen LogP contribution >= 0.6 is 22.6 Å². The maximum absolute atomic E-state index is 13.6. The monoisotopic (exact) mass is 366 g/mol. The van der Waals surface area contributed by atoms with E-state index in [-0.39, 0.29) is 21.2 Å². The van der Waals surface area contributed by atoms with Crippen molar-refractivity contribution in [1.82, 2.24) is 5.32 Å². The van der Waals surface area contributed by atoms with E-state index in [1.807, 2.05) is 13.8 Å². The highest BCUT2D eigenvalue weighted by atomic mass is 127. The number of hydrogen-bond acceptors (Lipinski definition) is 3. The summed E-state index contributed by atoms with van der Waals surface area (Å²) in [5.74, 6) is -0.527. The molecule has 0 spiro atoms. The SMILES string of the molecule is CCC(NC)C(C)c1cc(F)c(I)cc1[N+](=O)[O-]. The molecule has 0 saturated heterocycles. The number of hydrogen-bond donors (Lipinski definition) is 1. The highest BCUT2D eigenvalue weighted by Gasteiger charge is 2.25. The molecule has 1 aromatic carbocycles. The average Bonchev–Trinajstić information content (AvgIpc) is 2.33. The molecule has 2 atom stereocenters. The first-order chi connectivity index (χ1) is 8.42. The van der Waals surface area contributed by atoms with E-state index >= 15 is 0 Å². The summed E-state index contributed by atoms with van der Waals surface area (Å²) in [6, 6.07) is 2.66. The van der Waals surface area contributed by atoms with Crippen LogP contribution < -0.4 is 5.32 Å².